The first kappa shape index (κ1) is 15.7. The summed E-state index contributed by atoms with van der Waals surface area (Å²) in [7, 11) is 4.23. The predicted octanol–water partition coefficient (Wildman–Crippen LogP) is 3.52. The molecular weight excluding hydrogens is 288 g/mol. The minimum Gasteiger partial charge on any atom is -0.319 e. The van der Waals surface area contributed by atoms with Crippen molar-refractivity contribution in [3.05, 3.63) is 34.3 Å². The number of nitrogens with one attached hydrogen (secondary N) is 1. The lowest BCUT2D eigenvalue weighted by atomic mass is 9.87. The maximum Gasteiger partial charge on any atom is 0.0242 e. The average molecular weight is 313 g/mol. The molecule has 102 valence electrons. The number of hydrogen-bond acceptors (Lipinski definition) is 2. The lowest BCUT2D eigenvalue weighted by molar-refractivity contribution is 0.178. The van der Waals surface area contributed by atoms with Gasteiger partial charge in [-0.15, -0.1) is 0 Å². The van der Waals surface area contributed by atoms with Crippen LogP contribution in [0.15, 0.2) is 28.7 Å². The van der Waals surface area contributed by atoms with Crippen LogP contribution in [-0.2, 0) is 6.54 Å². The van der Waals surface area contributed by atoms with E-state index in [-0.39, 0.29) is 0 Å². The average Bonchev–Trinajstić information content (AvgIpc) is 2.32. The molecule has 0 bridgehead atoms. The Morgan fingerprint density at radius 3 is 2.56 bits per heavy atom. The van der Waals surface area contributed by atoms with E-state index in [1.165, 1.54) is 16.5 Å². The fourth-order valence-electron chi connectivity index (χ4n) is 2.34. The number of rotatable bonds is 7. The van der Waals surface area contributed by atoms with Crippen LogP contribution in [0.3, 0.4) is 0 Å². The third kappa shape index (κ3) is 4.71. The minimum absolute atomic E-state index is 0.338. The van der Waals surface area contributed by atoms with Gasteiger partial charge >= 0.3 is 0 Å². The van der Waals surface area contributed by atoms with Crippen LogP contribution in [0.2, 0.25) is 0 Å². The molecule has 0 aliphatic heterocycles. The van der Waals surface area contributed by atoms with Crippen molar-refractivity contribution in [1.82, 2.24) is 10.2 Å². The van der Waals surface area contributed by atoms with E-state index in [0.717, 1.165) is 19.6 Å². The van der Waals surface area contributed by atoms with E-state index in [9.17, 15) is 0 Å². The smallest absolute Gasteiger partial charge is 0.0242 e. The number of halogens is 1. The predicted molar refractivity (Wildman–Crippen MR) is 82.8 cm³/mol. The summed E-state index contributed by atoms with van der Waals surface area (Å²) in [5.74, 6) is 0. The molecule has 0 aliphatic carbocycles. The Balaban J connectivity index is 2.61. The second-order valence-corrected chi connectivity index (χ2v) is 6.31. The second-order valence-electron chi connectivity index (χ2n) is 5.46. The zero-order valence-electron chi connectivity index (χ0n) is 12.0. The van der Waals surface area contributed by atoms with Gasteiger partial charge in [-0.2, -0.15) is 0 Å². The molecule has 1 atom stereocenters. The summed E-state index contributed by atoms with van der Waals surface area (Å²) in [4.78, 5) is 2.40. The van der Waals surface area contributed by atoms with Crippen LogP contribution < -0.4 is 5.32 Å². The van der Waals surface area contributed by atoms with E-state index in [0.29, 0.717) is 5.41 Å². The third-order valence-electron chi connectivity index (χ3n) is 3.51. The van der Waals surface area contributed by atoms with Crippen LogP contribution in [-0.4, -0.2) is 32.1 Å². The minimum atomic E-state index is 0.338. The van der Waals surface area contributed by atoms with E-state index < -0.39 is 0 Å². The summed E-state index contributed by atoms with van der Waals surface area (Å²) >= 11 is 3.61. The normalized spacial score (nSPS) is 14.8. The lowest BCUT2D eigenvalue weighted by Crippen LogP contribution is -2.39. The van der Waals surface area contributed by atoms with Crippen LogP contribution in [0, 0.1) is 5.41 Å². The Kier molecular flexibility index (Phi) is 6.33. The maximum absolute atomic E-state index is 3.61. The van der Waals surface area contributed by atoms with Gasteiger partial charge in [-0.3, -0.25) is 0 Å². The van der Waals surface area contributed by atoms with Gasteiger partial charge in [0.05, 0.1) is 0 Å². The fraction of sp³-hybridized carbons (Fsp3) is 0.600. The van der Waals surface area contributed by atoms with Gasteiger partial charge in [-0.25, -0.2) is 0 Å². The van der Waals surface area contributed by atoms with Crippen molar-refractivity contribution in [2.75, 3.05) is 27.2 Å². The summed E-state index contributed by atoms with van der Waals surface area (Å²) in [6.45, 7) is 7.76. The number of hydrogen-bond donors (Lipinski definition) is 1. The molecule has 18 heavy (non-hydrogen) atoms. The Hall–Kier alpha value is -0.380. The molecule has 0 saturated heterocycles. The summed E-state index contributed by atoms with van der Waals surface area (Å²) in [5.41, 5.74) is 1.69. The molecular formula is C15H25BrN2. The van der Waals surface area contributed by atoms with Crippen molar-refractivity contribution >= 4 is 15.9 Å². The Labute approximate surface area is 120 Å². The van der Waals surface area contributed by atoms with E-state index >= 15 is 0 Å². The molecule has 0 aromatic heterocycles. The van der Waals surface area contributed by atoms with E-state index in [2.05, 4.69) is 71.3 Å². The second kappa shape index (κ2) is 7.27. The van der Waals surface area contributed by atoms with Gasteiger partial charge in [0.25, 0.3) is 0 Å². The SMILES string of the molecule is CCC(C)(CNC)CN(C)Cc1ccccc1Br. The molecule has 0 saturated carbocycles. The summed E-state index contributed by atoms with van der Waals surface area (Å²) in [5, 5.41) is 3.30. The highest BCUT2D eigenvalue weighted by molar-refractivity contribution is 9.10. The molecule has 0 radical (unpaired) electrons. The largest absolute Gasteiger partial charge is 0.319 e. The molecule has 1 aromatic carbocycles. The quantitative estimate of drug-likeness (QED) is 0.828. The first-order chi connectivity index (χ1) is 8.50. The molecule has 0 aliphatic rings. The molecule has 0 amide bonds. The van der Waals surface area contributed by atoms with Crippen molar-refractivity contribution in [2.45, 2.75) is 26.8 Å². The molecule has 1 unspecified atom stereocenters. The van der Waals surface area contributed by atoms with Gasteiger partial charge in [-0.05, 0) is 37.6 Å². The van der Waals surface area contributed by atoms with Gasteiger partial charge in [0.15, 0.2) is 0 Å². The molecule has 1 N–H and O–H groups in total. The van der Waals surface area contributed by atoms with E-state index in [1.807, 2.05) is 7.05 Å². The Morgan fingerprint density at radius 2 is 2.00 bits per heavy atom. The molecule has 0 spiro atoms. The van der Waals surface area contributed by atoms with Crippen LogP contribution in [0.1, 0.15) is 25.8 Å². The van der Waals surface area contributed by atoms with Gasteiger partial charge in [0.1, 0.15) is 0 Å². The summed E-state index contributed by atoms with van der Waals surface area (Å²) in [6, 6.07) is 8.45. The molecule has 1 aromatic rings. The zero-order valence-corrected chi connectivity index (χ0v) is 13.5. The highest BCUT2D eigenvalue weighted by Gasteiger charge is 2.23. The molecule has 0 fully saturated rings. The standard InChI is InChI=1S/C15H25BrN2/c1-5-15(2,11-17-3)12-18(4)10-13-8-6-7-9-14(13)16/h6-9,17H,5,10-12H2,1-4H3. The topological polar surface area (TPSA) is 15.3 Å². The highest BCUT2D eigenvalue weighted by Crippen LogP contribution is 2.23. The van der Waals surface area contributed by atoms with Crippen LogP contribution in [0.4, 0.5) is 0 Å². The van der Waals surface area contributed by atoms with Crippen LogP contribution >= 0.6 is 15.9 Å². The van der Waals surface area contributed by atoms with Gasteiger partial charge in [0.2, 0.25) is 0 Å². The highest BCUT2D eigenvalue weighted by atomic mass is 79.9. The van der Waals surface area contributed by atoms with Crippen molar-refractivity contribution in [3.8, 4) is 0 Å². The third-order valence-corrected chi connectivity index (χ3v) is 4.28. The Morgan fingerprint density at radius 1 is 1.33 bits per heavy atom. The van der Waals surface area contributed by atoms with Gasteiger partial charge in [0, 0.05) is 24.1 Å². The van der Waals surface area contributed by atoms with Crippen molar-refractivity contribution < 1.29 is 0 Å². The monoisotopic (exact) mass is 312 g/mol. The van der Waals surface area contributed by atoms with Crippen LogP contribution in [0.5, 0.6) is 0 Å². The van der Waals surface area contributed by atoms with E-state index in [4.69, 9.17) is 0 Å². The van der Waals surface area contributed by atoms with Gasteiger partial charge < -0.3 is 10.2 Å². The van der Waals surface area contributed by atoms with Crippen molar-refractivity contribution in [2.24, 2.45) is 5.41 Å². The first-order valence-electron chi connectivity index (χ1n) is 6.57. The van der Waals surface area contributed by atoms with Crippen LogP contribution in [0.25, 0.3) is 0 Å². The molecule has 0 heterocycles. The zero-order chi connectivity index (χ0) is 13.6. The molecule has 2 nitrogen and oxygen atoms in total. The summed E-state index contributed by atoms with van der Waals surface area (Å²) < 4.78 is 1.20. The lowest BCUT2D eigenvalue weighted by Gasteiger charge is -2.33. The summed E-state index contributed by atoms with van der Waals surface area (Å²) in [6.07, 6.45) is 1.19. The first-order valence-corrected chi connectivity index (χ1v) is 7.36. The Bertz CT molecular complexity index is 367. The molecule has 1 rings (SSSR count). The number of nitrogens with zero attached hydrogens (tertiary/aromatic N) is 1. The van der Waals surface area contributed by atoms with Crippen molar-refractivity contribution in [3.63, 3.8) is 0 Å². The molecule has 3 heteroatoms. The maximum atomic E-state index is 3.61. The fourth-order valence-corrected chi connectivity index (χ4v) is 2.75. The van der Waals surface area contributed by atoms with Crippen molar-refractivity contribution in [1.29, 1.82) is 0 Å². The number of benzene rings is 1. The van der Waals surface area contributed by atoms with E-state index in [1.54, 1.807) is 0 Å². The van der Waals surface area contributed by atoms with Gasteiger partial charge in [-0.1, -0.05) is 48.0 Å².